The van der Waals surface area contributed by atoms with Crippen molar-refractivity contribution in [3.8, 4) is 28.4 Å². The van der Waals surface area contributed by atoms with Gasteiger partial charge in [-0.25, -0.2) is 4.79 Å². The summed E-state index contributed by atoms with van der Waals surface area (Å²) in [7, 11) is 0. The van der Waals surface area contributed by atoms with E-state index in [0.29, 0.717) is 43.2 Å². The number of ether oxygens (including phenoxy) is 3. The van der Waals surface area contributed by atoms with Crippen LogP contribution in [-0.2, 0) is 16.0 Å². The third kappa shape index (κ3) is 7.00. The second kappa shape index (κ2) is 12.3. The molecule has 3 aromatic carbocycles. The van der Waals surface area contributed by atoms with Gasteiger partial charge in [-0.2, -0.15) is 0 Å². The second-order valence-electron chi connectivity index (χ2n) is 7.45. The summed E-state index contributed by atoms with van der Waals surface area (Å²) < 4.78 is 16.3. The Kier molecular flexibility index (Phi) is 8.91. The first-order valence-corrected chi connectivity index (χ1v) is 11.2. The third-order valence-electron chi connectivity index (χ3n) is 5.00. The topological polar surface area (TPSA) is 94.1 Å². The van der Waals surface area contributed by atoms with E-state index in [1.54, 1.807) is 48.5 Å². The van der Waals surface area contributed by atoms with Crippen molar-refractivity contribution in [3.63, 3.8) is 0 Å². The van der Waals surface area contributed by atoms with Gasteiger partial charge in [-0.1, -0.05) is 30.3 Å². The lowest BCUT2D eigenvalue weighted by atomic mass is 10.0. The van der Waals surface area contributed by atoms with Crippen molar-refractivity contribution in [1.29, 1.82) is 0 Å². The van der Waals surface area contributed by atoms with Crippen LogP contribution in [0.5, 0.6) is 17.2 Å². The van der Waals surface area contributed by atoms with Crippen molar-refractivity contribution < 1.29 is 28.9 Å². The lowest BCUT2D eigenvalue weighted by Gasteiger charge is -2.12. The quantitative estimate of drug-likeness (QED) is 0.410. The Bertz CT molecular complexity index is 1090. The van der Waals surface area contributed by atoms with Gasteiger partial charge < -0.3 is 24.6 Å². The summed E-state index contributed by atoms with van der Waals surface area (Å²) in [5.41, 5.74) is 3.17. The maximum atomic E-state index is 12.3. The van der Waals surface area contributed by atoms with E-state index in [4.69, 9.17) is 14.2 Å². The van der Waals surface area contributed by atoms with E-state index in [2.05, 4.69) is 5.32 Å². The SMILES string of the molecule is CCOc1ccc(CCNC(=O)COC(=O)c2ccc(-c3ccc(O)cc3)cc2)cc1OCC. The number of rotatable bonds is 11. The van der Waals surface area contributed by atoms with Crippen LogP contribution < -0.4 is 14.8 Å². The summed E-state index contributed by atoms with van der Waals surface area (Å²) in [6.45, 7) is 4.96. The standard InChI is InChI=1S/C27H29NO6/c1-3-32-24-14-5-19(17-25(24)33-4-2)15-16-28-26(30)18-34-27(31)22-8-6-20(7-9-22)21-10-12-23(29)13-11-21/h5-14,17,29H,3-4,15-16,18H2,1-2H3,(H,28,30). The molecule has 1 amide bonds. The largest absolute Gasteiger partial charge is 0.508 e. The van der Waals surface area contributed by atoms with Gasteiger partial charge in [0, 0.05) is 6.54 Å². The van der Waals surface area contributed by atoms with Gasteiger partial charge in [-0.3, -0.25) is 4.79 Å². The fourth-order valence-electron chi connectivity index (χ4n) is 3.32. The minimum absolute atomic E-state index is 0.192. The Balaban J connectivity index is 1.44. The minimum Gasteiger partial charge on any atom is -0.508 e. The molecular weight excluding hydrogens is 434 g/mol. The van der Waals surface area contributed by atoms with Crippen molar-refractivity contribution in [2.24, 2.45) is 0 Å². The van der Waals surface area contributed by atoms with Crippen molar-refractivity contribution in [3.05, 3.63) is 77.9 Å². The van der Waals surface area contributed by atoms with Crippen molar-refractivity contribution in [1.82, 2.24) is 5.32 Å². The molecule has 0 saturated heterocycles. The third-order valence-corrected chi connectivity index (χ3v) is 5.00. The maximum Gasteiger partial charge on any atom is 0.338 e. The number of carbonyl (C=O) groups excluding carboxylic acids is 2. The number of benzene rings is 3. The highest BCUT2D eigenvalue weighted by molar-refractivity contribution is 5.91. The molecule has 0 spiro atoms. The Labute approximate surface area is 199 Å². The smallest absolute Gasteiger partial charge is 0.338 e. The van der Waals surface area contributed by atoms with Crippen molar-refractivity contribution in [2.45, 2.75) is 20.3 Å². The average molecular weight is 464 g/mol. The molecule has 7 nitrogen and oxygen atoms in total. The van der Waals surface area contributed by atoms with E-state index in [1.165, 1.54) is 0 Å². The molecule has 0 radical (unpaired) electrons. The van der Waals surface area contributed by atoms with Gasteiger partial charge in [0.2, 0.25) is 0 Å². The van der Waals surface area contributed by atoms with Crippen LogP contribution >= 0.6 is 0 Å². The van der Waals surface area contributed by atoms with E-state index in [1.807, 2.05) is 32.0 Å². The molecule has 0 bridgehead atoms. The highest BCUT2D eigenvalue weighted by Crippen LogP contribution is 2.28. The van der Waals surface area contributed by atoms with E-state index < -0.39 is 5.97 Å². The van der Waals surface area contributed by atoms with Crippen molar-refractivity contribution >= 4 is 11.9 Å². The van der Waals surface area contributed by atoms with Gasteiger partial charge in [0.15, 0.2) is 18.1 Å². The fourth-order valence-corrected chi connectivity index (χ4v) is 3.32. The number of nitrogens with one attached hydrogen (secondary N) is 1. The predicted octanol–water partition coefficient (Wildman–Crippen LogP) is 4.37. The van der Waals surface area contributed by atoms with Crippen LogP contribution in [0.3, 0.4) is 0 Å². The summed E-state index contributed by atoms with van der Waals surface area (Å²) in [4.78, 5) is 24.4. The Hall–Kier alpha value is -4.00. The van der Waals surface area contributed by atoms with Gasteiger partial charge in [-0.15, -0.1) is 0 Å². The van der Waals surface area contributed by atoms with Crippen molar-refractivity contribution in [2.75, 3.05) is 26.4 Å². The summed E-state index contributed by atoms with van der Waals surface area (Å²) in [5, 5.41) is 12.1. The highest BCUT2D eigenvalue weighted by Gasteiger charge is 2.11. The molecular formula is C27H29NO6. The number of esters is 1. The molecule has 3 aromatic rings. The monoisotopic (exact) mass is 463 g/mol. The summed E-state index contributed by atoms with van der Waals surface area (Å²) in [5.74, 6) is 0.626. The maximum absolute atomic E-state index is 12.3. The molecule has 7 heteroatoms. The number of hydrogen-bond acceptors (Lipinski definition) is 6. The number of amides is 1. The van der Waals surface area contributed by atoms with Gasteiger partial charge in [0.1, 0.15) is 5.75 Å². The highest BCUT2D eigenvalue weighted by atomic mass is 16.5. The van der Waals surface area contributed by atoms with Crippen LogP contribution in [0.15, 0.2) is 66.7 Å². The summed E-state index contributed by atoms with van der Waals surface area (Å²) in [6.07, 6.45) is 0.602. The molecule has 3 rings (SSSR count). The second-order valence-corrected chi connectivity index (χ2v) is 7.45. The molecule has 0 aliphatic heterocycles. The Morgan fingerprint density at radius 3 is 2.09 bits per heavy atom. The molecule has 2 N–H and O–H groups in total. The molecule has 178 valence electrons. The lowest BCUT2D eigenvalue weighted by molar-refractivity contribution is -0.124. The first-order chi connectivity index (χ1) is 16.5. The van der Waals surface area contributed by atoms with Crippen LogP contribution in [0, 0.1) is 0 Å². The van der Waals surface area contributed by atoms with Crippen LogP contribution in [0.25, 0.3) is 11.1 Å². The average Bonchev–Trinajstić information content (AvgIpc) is 2.85. The zero-order chi connectivity index (χ0) is 24.3. The Morgan fingerprint density at radius 2 is 1.44 bits per heavy atom. The van der Waals surface area contributed by atoms with E-state index >= 15 is 0 Å². The molecule has 0 atom stereocenters. The lowest BCUT2D eigenvalue weighted by Crippen LogP contribution is -2.30. The Morgan fingerprint density at radius 1 is 0.824 bits per heavy atom. The molecule has 0 aliphatic carbocycles. The molecule has 0 heterocycles. The van der Waals surface area contributed by atoms with E-state index in [9.17, 15) is 14.7 Å². The van der Waals surface area contributed by atoms with E-state index in [-0.39, 0.29) is 18.3 Å². The minimum atomic E-state index is -0.569. The molecule has 0 aliphatic rings. The summed E-state index contributed by atoms with van der Waals surface area (Å²) >= 11 is 0. The van der Waals surface area contributed by atoms with Gasteiger partial charge in [0.25, 0.3) is 5.91 Å². The number of phenols is 1. The molecule has 0 aromatic heterocycles. The number of hydrogen-bond donors (Lipinski definition) is 2. The fraction of sp³-hybridized carbons (Fsp3) is 0.259. The number of phenolic OH excluding ortho intramolecular Hbond substituents is 1. The summed E-state index contributed by atoms with van der Waals surface area (Å²) in [6, 6.07) is 19.3. The first-order valence-electron chi connectivity index (χ1n) is 11.2. The van der Waals surface area contributed by atoms with Crippen LogP contribution in [-0.4, -0.2) is 43.3 Å². The number of carbonyl (C=O) groups is 2. The van der Waals surface area contributed by atoms with Gasteiger partial charge in [-0.05, 0) is 73.4 Å². The van der Waals surface area contributed by atoms with Crippen LogP contribution in [0.1, 0.15) is 29.8 Å². The predicted molar refractivity (Wildman–Crippen MR) is 129 cm³/mol. The zero-order valence-corrected chi connectivity index (χ0v) is 19.4. The molecule has 0 saturated carbocycles. The molecule has 0 unspecified atom stereocenters. The molecule has 34 heavy (non-hydrogen) atoms. The van der Waals surface area contributed by atoms with E-state index in [0.717, 1.165) is 16.7 Å². The molecule has 0 fully saturated rings. The van der Waals surface area contributed by atoms with Crippen LogP contribution in [0.4, 0.5) is 0 Å². The van der Waals surface area contributed by atoms with Gasteiger partial charge >= 0.3 is 5.97 Å². The first kappa shape index (κ1) is 24.6. The van der Waals surface area contributed by atoms with Gasteiger partial charge in [0.05, 0.1) is 18.8 Å². The normalized spacial score (nSPS) is 10.4. The van der Waals surface area contributed by atoms with Crippen LogP contribution in [0.2, 0.25) is 0 Å². The number of aromatic hydroxyl groups is 1. The zero-order valence-electron chi connectivity index (χ0n) is 19.4.